The van der Waals surface area contributed by atoms with E-state index in [4.69, 9.17) is 0 Å². The van der Waals surface area contributed by atoms with Crippen LogP contribution >= 0.6 is 0 Å². The molecule has 0 heterocycles. The maximum absolute atomic E-state index is 11.3. The molecule has 0 saturated heterocycles. The maximum Gasteiger partial charge on any atom is 0.163 e. The van der Waals surface area contributed by atoms with E-state index in [2.05, 4.69) is 6.07 Å². The molecule has 0 atom stereocenters. The average molecular weight is 255 g/mol. The average Bonchev–Trinajstić information content (AvgIpc) is 2.37. The summed E-state index contributed by atoms with van der Waals surface area (Å²) in [6, 6.07) is 13.2. The second-order valence-electron chi connectivity index (χ2n) is 4.66. The highest BCUT2D eigenvalue weighted by atomic mass is 16.3. The molecule has 0 aliphatic rings. The zero-order valence-corrected chi connectivity index (χ0v) is 11.3. The van der Waals surface area contributed by atoms with Crippen molar-refractivity contribution in [1.29, 1.82) is 0 Å². The highest BCUT2D eigenvalue weighted by molar-refractivity contribution is 5.97. The second-order valence-corrected chi connectivity index (χ2v) is 4.66. The molecule has 0 radical (unpaired) electrons. The van der Waals surface area contributed by atoms with Crippen molar-refractivity contribution >= 4 is 17.2 Å². The van der Waals surface area contributed by atoms with E-state index >= 15 is 0 Å². The minimum atomic E-state index is -0.137. The number of carbonyl (C=O) groups is 1. The van der Waals surface area contributed by atoms with Crippen LogP contribution in [-0.2, 0) is 0 Å². The van der Waals surface area contributed by atoms with E-state index in [1.165, 1.54) is 12.5 Å². The number of nitrogens with zero attached hydrogens (tertiary/aromatic N) is 1. The predicted octanol–water partition coefficient (Wildman–Crippen LogP) is 3.67. The van der Waals surface area contributed by atoms with Crippen LogP contribution in [0.1, 0.15) is 22.8 Å². The first-order valence-electron chi connectivity index (χ1n) is 6.13. The molecule has 0 aliphatic carbocycles. The van der Waals surface area contributed by atoms with E-state index in [0.29, 0.717) is 5.56 Å². The Balaban J connectivity index is 2.37. The lowest BCUT2D eigenvalue weighted by Crippen LogP contribution is -2.09. The van der Waals surface area contributed by atoms with Crippen molar-refractivity contribution in [2.75, 3.05) is 11.9 Å². The molecule has 0 amide bonds. The van der Waals surface area contributed by atoms with E-state index in [9.17, 15) is 9.90 Å². The van der Waals surface area contributed by atoms with Crippen LogP contribution < -0.4 is 4.90 Å². The number of aromatic hydroxyl groups is 1. The van der Waals surface area contributed by atoms with Gasteiger partial charge in [0.1, 0.15) is 5.75 Å². The van der Waals surface area contributed by atoms with Crippen LogP contribution in [0.4, 0.5) is 11.4 Å². The molecule has 0 unspecified atom stereocenters. The smallest absolute Gasteiger partial charge is 0.163 e. The quantitative estimate of drug-likeness (QED) is 0.851. The Morgan fingerprint density at radius 1 is 1.11 bits per heavy atom. The molecule has 3 heteroatoms. The van der Waals surface area contributed by atoms with Crippen LogP contribution in [0.3, 0.4) is 0 Å². The van der Waals surface area contributed by atoms with E-state index in [0.717, 1.165) is 11.4 Å². The Morgan fingerprint density at radius 2 is 1.79 bits per heavy atom. The Kier molecular flexibility index (Phi) is 3.56. The highest BCUT2D eigenvalue weighted by Gasteiger charge is 2.10. The lowest BCUT2D eigenvalue weighted by Gasteiger charge is -2.20. The number of rotatable bonds is 3. The summed E-state index contributed by atoms with van der Waals surface area (Å²) in [4.78, 5) is 13.3. The number of benzene rings is 2. The van der Waals surface area contributed by atoms with Crippen molar-refractivity contribution in [2.24, 2.45) is 0 Å². The summed E-state index contributed by atoms with van der Waals surface area (Å²) in [5, 5.41) is 9.86. The molecule has 2 aromatic rings. The summed E-state index contributed by atoms with van der Waals surface area (Å²) in [6.45, 7) is 3.48. The summed E-state index contributed by atoms with van der Waals surface area (Å²) in [7, 11) is 1.93. The van der Waals surface area contributed by atoms with Gasteiger partial charge in [-0.15, -0.1) is 0 Å². The fourth-order valence-electron chi connectivity index (χ4n) is 2.01. The van der Waals surface area contributed by atoms with Crippen molar-refractivity contribution in [2.45, 2.75) is 13.8 Å². The molecule has 2 aromatic carbocycles. The fraction of sp³-hybridized carbons (Fsp3) is 0.188. The van der Waals surface area contributed by atoms with Crippen LogP contribution in [0.5, 0.6) is 5.75 Å². The van der Waals surface area contributed by atoms with Crippen LogP contribution in [0.2, 0.25) is 0 Å². The molecule has 0 spiro atoms. The summed E-state index contributed by atoms with van der Waals surface area (Å²) >= 11 is 0. The number of Topliss-reactive ketones (excluding diaryl/α,β-unsaturated/α-hetero) is 1. The highest BCUT2D eigenvalue weighted by Crippen LogP contribution is 2.29. The van der Waals surface area contributed by atoms with Crippen LogP contribution in [0, 0.1) is 6.92 Å². The van der Waals surface area contributed by atoms with Crippen molar-refractivity contribution in [3.8, 4) is 5.75 Å². The van der Waals surface area contributed by atoms with Gasteiger partial charge in [0.05, 0.1) is 5.56 Å². The van der Waals surface area contributed by atoms with Gasteiger partial charge in [0, 0.05) is 24.5 Å². The molecule has 2 rings (SSSR count). The Labute approximate surface area is 113 Å². The number of hydrogen-bond acceptors (Lipinski definition) is 3. The third-order valence-electron chi connectivity index (χ3n) is 3.14. The Bertz CT molecular complexity index is 620. The van der Waals surface area contributed by atoms with Gasteiger partial charge in [0.25, 0.3) is 0 Å². The number of phenols is 1. The van der Waals surface area contributed by atoms with Crippen molar-refractivity contribution in [3.05, 3.63) is 53.6 Å². The van der Waals surface area contributed by atoms with E-state index in [1.54, 1.807) is 12.1 Å². The first-order chi connectivity index (χ1) is 8.99. The third kappa shape index (κ3) is 2.76. The molecule has 3 nitrogen and oxygen atoms in total. The number of aryl methyl sites for hydroxylation is 1. The molecule has 0 saturated carbocycles. The number of carbonyl (C=O) groups excluding carboxylic acids is 1. The van der Waals surface area contributed by atoms with Gasteiger partial charge in [-0.1, -0.05) is 12.1 Å². The number of ketones is 1. The minimum Gasteiger partial charge on any atom is -0.507 e. The third-order valence-corrected chi connectivity index (χ3v) is 3.14. The van der Waals surface area contributed by atoms with Gasteiger partial charge in [-0.2, -0.15) is 0 Å². The molecule has 19 heavy (non-hydrogen) atoms. The van der Waals surface area contributed by atoms with Gasteiger partial charge in [-0.25, -0.2) is 0 Å². The van der Waals surface area contributed by atoms with Crippen molar-refractivity contribution in [1.82, 2.24) is 0 Å². The molecule has 0 fully saturated rings. The monoisotopic (exact) mass is 255 g/mol. The number of anilines is 2. The van der Waals surface area contributed by atoms with E-state index in [1.807, 2.05) is 43.1 Å². The van der Waals surface area contributed by atoms with Crippen molar-refractivity contribution in [3.63, 3.8) is 0 Å². The van der Waals surface area contributed by atoms with Gasteiger partial charge >= 0.3 is 0 Å². The Hall–Kier alpha value is -2.29. The van der Waals surface area contributed by atoms with Gasteiger partial charge in [-0.05, 0) is 43.7 Å². The largest absolute Gasteiger partial charge is 0.507 e. The Morgan fingerprint density at radius 3 is 2.37 bits per heavy atom. The normalized spacial score (nSPS) is 10.3. The van der Waals surface area contributed by atoms with Gasteiger partial charge in [0.15, 0.2) is 5.78 Å². The predicted molar refractivity (Wildman–Crippen MR) is 77.4 cm³/mol. The zero-order valence-electron chi connectivity index (χ0n) is 11.3. The first kappa shape index (κ1) is 13.1. The molecule has 0 aliphatic heterocycles. The summed E-state index contributed by atoms with van der Waals surface area (Å²) in [6.07, 6.45) is 0. The lowest BCUT2D eigenvalue weighted by molar-refractivity contribution is 0.101. The summed E-state index contributed by atoms with van der Waals surface area (Å²) < 4.78 is 0. The molecule has 0 bridgehead atoms. The SMILES string of the molecule is CC(=O)c1ccc(N(C)c2cccc(C)c2)cc1O. The van der Waals surface area contributed by atoms with Gasteiger partial charge < -0.3 is 10.0 Å². The van der Waals surface area contributed by atoms with Gasteiger partial charge in [-0.3, -0.25) is 4.79 Å². The van der Waals surface area contributed by atoms with Crippen LogP contribution in [0.25, 0.3) is 0 Å². The molecular weight excluding hydrogens is 238 g/mol. The molecule has 98 valence electrons. The molecule has 0 aromatic heterocycles. The standard InChI is InChI=1S/C16H17NO2/c1-11-5-4-6-13(9-11)17(3)14-7-8-15(12(2)18)16(19)10-14/h4-10,19H,1-3H3. The minimum absolute atomic E-state index is 0.0181. The van der Waals surface area contributed by atoms with Crippen LogP contribution in [-0.4, -0.2) is 17.9 Å². The topological polar surface area (TPSA) is 40.5 Å². The van der Waals surface area contributed by atoms with Crippen molar-refractivity contribution < 1.29 is 9.90 Å². The lowest BCUT2D eigenvalue weighted by atomic mass is 10.1. The van der Waals surface area contributed by atoms with Gasteiger partial charge in [0.2, 0.25) is 0 Å². The number of phenolic OH excluding ortho intramolecular Hbond substituents is 1. The maximum atomic E-state index is 11.3. The summed E-state index contributed by atoms with van der Waals surface area (Å²) in [5.41, 5.74) is 3.40. The fourth-order valence-corrected chi connectivity index (χ4v) is 2.01. The number of hydrogen-bond donors (Lipinski definition) is 1. The summed E-state index contributed by atoms with van der Waals surface area (Å²) in [5.74, 6) is -0.119. The van der Waals surface area contributed by atoms with Crippen LogP contribution in [0.15, 0.2) is 42.5 Å². The zero-order chi connectivity index (χ0) is 14.0. The van der Waals surface area contributed by atoms with E-state index < -0.39 is 0 Å². The first-order valence-corrected chi connectivity index (χ1v) is 6.13. The molecule has 1 N–H and O–H groups in total. The second kappa shape index (κ2) is 5.14. The van der Waals surface area contributed by atoms with E-state index in [-0.39, 0.29) is 11.5 Å². The molecular formula is C16H17NO2.